The van der Waals surface area contributed by atoms with Gasteiger partial charge >= 0.3 is 192 Å². The molecule has 9 heteroatoms. The fourth-order valence-corrected chi connectivity index (χ4v) is 7.30. The van der Waals surface area contributed by atoms with Crippen molar-refractivity contribution in [3.8, 4) is 0 Å². The Morgan fingerprint density at radius 2 is 1.10 bits per heavy atom. The Morgan fingerprint density at radius 3 is 1.68 bits per heavy atom. The molecule has 0 aliphatic rings. The van der Waals surface area contributed by atoms with Crippen LogP contribution in [0.1, 0.15) is 0 Å². The van der Waals surface area contributed by atoms with Crippen molar-refractivity contribution >= 4 is 78.0 Å². The Labute approximate surface area is 190 Å². The molecule has 0 atom stereocenters. The molecule has 0 saturated heterocycles. The van der Waals surface area contributed by atoms with Crippen molar-refractivity contribution in [2.75, 3.05) is 0 Å². The first-order chi connectivity index (χ1) is 14.3. The maximum atomic E-state index is 9.93. The molecule has 0 aliphatic carbocycles. The van der Waals surface area contributed by atoms with Gasteiger partial charge in [0.05, 0.1) is 0 Å². The van der Waals surface area contributed by atoms with Crippen LogP contribution in [0.4, 0.5) is 16.9 Å². The quantitative estimate of drug-likeness (QED) is 0.224. The topological polar surface area (TPSA) is 0 Å². The normalized spacial score (nSPS) is 13.6. The molecule has 0 spiro atoms. The van der Waals surface area contributed by atoms with E-state index in [9.17, 15) is 16.9 Å². The molecule has 0 amide bonds. The third-order valence-corrected chi connectivity index (χ3v) is 8.25. The van der Waals surface area contributed by atoms with Crippen molar-refractivity contribution in [3.05, 3.63) is 97.1 Å². The third kappa shape index (κ3) is 9.30. The summed E-state index contributed by atoms with van der Waals surface area (Å²) in [5.74, 6) is 0. The van der Waals surface area contributed by atoms with E-state index in [2.05, 4.69) is 97.1 Å². The van der Waals surface area contributed by atoms with Crippen LogP contribution in [-0.2, 0) is 0 Å². The molecule has 0 aliphatic heterocycles. The van der Waals surface area contributed by atoms with Gasteiger partial charge in [-0.1, -0.05) is 0 Å². The van der Waals surface area contributed by atoms with E-state index in [1.165, 1.54) is 28.6 Å². The number of hydrogen-bond donors (Lipinski definition) is 0. The fourth-order valence-electron chi connectivity index (χ4n) is 2.67. The van der Waals surface area contributed by atoms with Crippen LogP contribution in [0.2, 0.25) is 0 Å². The molecule has 4 aromatic rings. The number of rotatable bonds is 4. The van der Waals surface area contributed by atoms with E-state index in [1.807, 2.05) is 0 Å². The van der Waals surface area contributed by atoms with Gasteiger partial charge in [-0.05, 0) is 0 Å². The van der Waals surface area contributed by atoms with Crippen molar-refractivity contribution in [1.82, 2.24) is 0 Å². The molecule has 0 aromatic heterocycles. The van der Waals surface area contributed by atoms with Gasteiger partial charge < -0.3 is 0 Å². The average molecular weight is 674 g/mol. The van der Waals surface area contributed by atoms with Crippen LogP contribution in [-0.4, -0.2) is 49.4 Å². The van der Waals surface area contributed by atoms with Crippen LogP contribution < -0.4 is 17.8 Å². The van der Waals surface area contributed by atoms with Crippen LogP contribution >= 0.6 is 0 Å². The summed E-state index contributed by atoms with van der Waals surface area (Å²) in [4.78, 5) is 0. The van der Waals surface area contributed by atoms with Gasteiger partial charge in [0.2, 0.25) is 0 Å². The minimum atomic E-state index is -11.2. The number of fused-ring (bicyclic) bond motifs is 1. The van der Waals surface area contributed by atoms with Crippen molar-refractivity contribution in [2.24, 2.45) is 0 Å². The Bertz CT molecular complexity index is 1080. The SMILES string of the molecule is [F][Sb-]([F])([F])([F])([F])[F].c1ccc([Se]c2cccc3cccc([Se+]c4ccccc4)c23)cc1. The molecule has 0 N–H and O–H groups in total. The van der Waals surface area contributed by atoms with Gasteiger partial charge in [-0.15, -0.1) is 0 Å². The molecule has 163 valence electrons. The van der Waals surface area contributed by atoms with Gasteiger partial charge in [0.15, 0.2) is 0 Å². The van der Waals surface area contributed by atoms with Crippen LogP contribution in [0.3, 0.4) is 0 Å². The first kappa shape index (κ1) is 24.2. The van der Waals surface area contributed by atoms with Gasteiger partial charge in [-0.25, -0.2) is 0 Å². The predicted octanol–water partition coefficient (Wildman–Crippen LogP) is 4.29. The van der Waals surface area contributed by atoms with Crippen LogP contribution in [0.25, 0.3) is 10.8 Å². The molecule has 0 bridgehead atoms. The number of halogens is 6. The molecule has 4 rings (SSSR count). The molecular formula is C22H16F6SbSe2. The second-order valence-corrected chi connectivity index (χ2v) is 16.5. The zero-order valence-electron chi connectivity index (χ0n) is 15.8. The van der Waals surface area contributed by atoms with Crippen molar-refractivity contribution in [3.63, 3.8) is 0 Å². The summed E-state index contributed by atoms with van der Waals surface area (Å²) in [7, 11) is 0. The summed E-state index contributed by atoms with van der Waals surface area (Å²) < 4.78 is 65.4. The number of benzene rings is 4. The minimum absolute atomic E-state index is 0.337. The molecule has 0 unspecified atom stereocenters. The zero-order chi connectivity index (χ0) is 22.6. The summed E-state index contributed by atoms with van der Waals surface area (Å²) in [5, 5.41) is 2.83. The van der Waals surface area contributed by atoms with Crippen LogP contribution in [0, 0.1) is 0 Å². The summed E-state index contributed by atoms with van der Waals surface area (Å²) >= 11 is -10.6. The Balaban J connectivity index is 0.000000339. The van der Waals surface area contributed by atoms with E-state index in [0.29, 0.717) is 29.9 Å². The summed E-state index contributed by atoms with van der Waals surface area (Å²) in [6.07, 6.45) is 0. The first-order valence-corrected chi connectivity index (χ1v) is 18.1. The molecule has 0 saturated carbocycles. The van der Waals surface area contributed by atoms with E-state index in [-0.39, 0.29) is 0 Å². The standard InChI is InChI=1S/C22H16Se2.6FH.Sb/c1-3-11-18(12-4-1)23-20-15-7-9-17-10-8-16-21(22(17)20)24-19-13-5-2-6-14-19;;;;;;;/h1-16H;6*1H;/q+1;;;;;;;+5/p-6. The van der Waals surface area contributed by atoms with Crippen LogP contribution in [0.5, 0.6) is 0 Å². The molecule has 0 heterocycles. The predicted molar refractivity (Wildman–Crippen MR) is 119 cm³/mol. The first-order valence-electron chi connectivity index (χ1n) is 8.89. The zero-order valence-corrected chi connectivity index (χ0v) is 21.7. The second-order valence-electron chi connectivity index (χ2n) is 6.40. The van der Waals surface area contributed by atoms with Crippen molar-refractivity contribution in [1.29, 1.82) is 0 Å². The van der Waals surface area contributed by atoms with Gasteiger partial charge in [-0.3, -0.25) is 0 Å². The average Bonchev–Trinajstić information content (AvgIpc) is 2.67. The van der Waals surface area contributed by atoms with Gasteiger partial charge in [-0.2, -0.15) is 0 Å². The molecule has 1 radical (unpaired) electrons. The number of hydrogen-bond acceptors (Lipinski definition) is 0. The fraction of sp³-hybridized carbons (Fsp3) is 0. The van der Waals surface area contributed by atoms with E-state index in [1.54, 1.807) is 0 Å². The van der Waals surface area contributed by atoms with Gasteiger partial charge in [0.1, 0.15) is 0 Å². The van der Waals surface area contributed by atoms with Gasteiger partial charge in [0, 0.05) is 0 Å². The third-order valence-electron chi connectivity index (χ3n) is 3.77. The molecular weight excluding hydrogens is 658 g/mol. The Hall–Kier alpha value is -1.42. The molecule has 31 heavy (non-hydrogen) atoms. The van der Waals surface area contributed by atoms with Crippen LogP contribution in [0.15, 0.2) is 97.1 Å². The Morgan fingerprint density at radius 1 is 0.581 bits per heavy atom. The van der Waals surface area contributed by atoms with E-state index < -0.39 is 19.5 Å². The molecule has 4 aromatic carbocycles. The van der Waals surface area contributed by atoms with Crippen molar-refractivity contribution < 1.29 is 16.9 Å². The molecule has 0 nitrogen and oxygen atoms in total. The summed E-state index contributed by atoms with van der Waals surface area (Å²) in [6, 6.07) is 35.2. The van der Waals surface area contributed by atoms with E-state index >= 15 is 0 Å². The Kier molecular flexibility index (Phi) is 6.91. The summed E-state index contributed by atoms with van der Waals surface area (Å²) in [6.45, 7) is 0. The summed E-state index contributed by atoms with van der Waals surface area (Å²) in [5.41, 5.74) is 0. The monoisotopic (exact) mass is 675 g/mol. The van der Waals surface area contributed by atoms with E-state index in [4.69, 9.17) is 0 Å². The van der Waals surface area contributed by atoms with Crippen molar-refractivity contribution in [2.45, 2.75) is 0 Å². The second kappa shape index (κ2) is 8.84. The maximum absolute atomic E-state index is 11.2. The van der Waals surface area contributed by atoms with E-state index in [0.717, 1.165) is 0 Å². The molecule has 0 fully saturated rings. The van der Waals surface area contributed by atoms with Gasteiger partial charge in [0.25, 0.3) is 0 Å².